The molecule has 118 valence electrons. The summed E-state index contributed by atoms with van der Waals surface area (Å²) in [4.78, 5) is 0. The minimum atomic E-state index is -2.91. The van der Waals surface area contributed by atoms with E-state index < -0.39 is 18.9 Å². The van der Waals surface area contributed by atoms with Crippen molar-refractivity contribution in [3.05, 3.63) is 35.7 Å². The molecule has 0 saturated heterocycles. The van der Waals surface area contributed by atoms with Crippen LogP contribution in [0.1, 0.15) is 17.8 Å². The quantitative estimate of drug-likeness (QED) is 0.461. The zero-order chi connectivity index (χ0) is 16.1. The highest BCUT2D eigenvalue weighted by Crippen LogP contribution is 2.21. The molecule has 0 aliphatic rings. The molecule has 0 aliphatic heterocycles. The molecule has 0 unspecified atom stereocenters. The van der Waals surface area contributed by atoms with Crippen molar-refractivity contribution in [2.75, 3.05) is 6.26 Å². The van der Waals surface area contributed by atoms with Crippen LogP contribution in [0.15, 0.2) is 34.5 Å². The molecule has 10 heteroatoms. The first-order valence-corrected chi connectivity index (χ1v) is 7.10. The Kier molecular flexibility index (Phi) is 5.36. The van der Waals surface area contributed by atoms with Crippen LogP contribution in [0.25, 0.3) is 0 Å². The largest absolute Gasteiger partial charge is 0.435 e. The summed E-state index contributed by atoms with van der Waals surface area (Å²) in [6.45, 7) is -2.91. The van der Waals surface area contributed by atoms with E-state index in [1.807, 2.05) is 0 Å². The van der Waals surface area contributed by atoms with Crippen LogP contribution in [-0.4, -0.2) is 34.0 Å². The average molecular weight is 334 g/mol. The third-order valence-corrected chi connectivity index (χ3v) is 3.06. The van der Waals surface area contributed by atoms with E-state index in [1.165, 1.54) is 30.5 Å². The van der Waals surface area contributed by atoms with E-state index >= 15 is 0 Å². The van der Waals surface area contributed by atoms with Crippen molar-refractivity contribution < 1.29 is 22.3 Å². The number of hydrogen-bond donors (Lipinski definition) is 0. The zero-order valence-electron chi connectivity index (χ0n) is 11.2. The molecular formula is C12H10F4N4OS. The van der Waals surface area contributed by atoms with Gasteiger partial charge in [0, 0.05) is 0 Å². The second-order valence-corrected chi connectivity index (χ2v) is 4.62. The monoisotopic (exact) mass is 334 g/mol. The van der Waals surface area contributed by atoms with E-state index in [2.05, 4.69) is 20.0 Å². The molecule has 1 aromatic carbocycles. The lowest BCUT2D eigenvalue weighted by Crippen LogP contribution is -2.02. The first-order valence-electron chi connectivity index (χ1n) is 5.88. The lowest BCUT2D eigenvalue weighted by atomic mass is 10.2. The smallest absolute Gasteiger partial charge is 0.387 e. The Bertz CT molecular complexity index is 645. The predicted molar refractivity (Wildman–Crippen MR) is 72.8 cm³/mol. The Morgan fingerprint density at radius 1 is 1.18 bits per heavy atom. The van der Waals surface area contributed by atoms with Gasteiger partial charge < -0.3 is 4.74 Å². The number of nitrogens with zero attached hydrogens (tertiary/aromatic N) is 4. The molecule has 22 heavy (non-hydrogen) atoms. The van der Waals surface area contributed by atoms with Gasteiger partial charge in [-0.25, -0.2) is 8.78 Å². The highest BCUT2D eigenvalue weighted by Gasteiger charge is 2.19. The molecule has 0 amide bonds. The maximum atomic E-state index is 12.8. The van der Waals surface area contributed by atoms with E-state index in [-0.39, 0.29) is 10.9 Å². The zero-order valence-corrected chi connectivity index (χ0v) is 12.0. The van der Waals surface area contributed by atoms with Crippen molar-refractivity contribution in [3.63, 3.8) is 0 Å². The molecule has 0 aliphatic carbocycles. The van der Waals surface area contributed by atoms with Crippen LogP contribution >= 0.6 is 11.8 Å². The molecule has 0 fully saturated rings. The minimum Gasteiger partial charge on any atom is -0.435 e. The highest BCUT2D eigenvalue weighted by atomic mass is 32.2. The van der Waals surface area contributed by atoms with Crippen LogP contribution in [0, 0.1) is 0 Å². The molecular weight excluding hydrogens is 324 g/mol. The fraction of sp³-hybridized carbons (Fsp3) is 0.250. The first-order chi connectivity index (χ1) is 10.5. The first kappa shape index (κ1) is 16.3. The lowest BCUT2D eigenvalue weighted by molar-refractivity contribution is -0.0498. The summed E-state index contributed by atoms with van der Waals surface area (Å²) in [5, 5.41) is 11.1. The molecule has 0 N–H and O–H groups in total. The number of alkyl halides is 4. The molecule has 0 radical (unpaired) electrons. The number of benzene rings is 1. The fourth-order valence-electron chi connectivity index (χ4n) is 1.51. The maximum Gasteiger partial charge on any atom is 0.387 e. The summed E-state index contributed by atoms with van der Waals surface area (Å²) >= 11 is 1.12. The second kappa shape index (κ2) is 7.25. The standard InChI is InChI=1S/C12H10F4N4OS/c1-22-12-19-18-10(9(13)14)20(12)17-6-7-2-4-8(5-3-7)21-11(15)16/h2-6,9,11H,1H3/b17-6-. The second-order valence-electron chi connectivity index (χ2n) is 3.85. The number of aromatic nitrogens is 3. The number of hydrogen-bond acceptors (Lipinski definition) is 5. The summed E-state index contributed by atoms with van der Waals surface area (Å²) in [5.41, 5.74) is 0.516. The van der Waals surface area contributed by atoms with Crippen molar-refractivity contribution in [2.24, 2.45) is 5.10 Å². The Morgan fingerprint density at radius 2 is 1.86 bits per heavy atom. The van der Waals surface area contributed by atoms with Crippen molar-refractivity contribution in [1.82, 2.24) is 14.9 Å². The molecule has 1 aromatic heterocycles. The fourth-order valence-corrected chi connectivity index (χ4v) is 1.94. The van der Waals surface area contributed by atoms with E-state index in [0.29, 0.717) is 5.56 Å². The van der Waals surface area contributed by atoms with Crippen molar-refractivity contribution in [3.8, 4) is 5.75 Å². The van der Waals surface area contributed by atoms with Crippen LogP contribution in [0.2, 0.25) is 0 Å². The number of ether oxygens (including phenoxy) is 1. The Balaban J connectivity index is 2.19. The van der Waals surface area contributed by atoms with E-state index in [0.717, 1.165) is 16.4 Å². The third kappa shape index (κ3) is 3.97. The van der Waals surface area contributed by atoms with Gasteiger partial charge in [0.25, 0.3) is 6.43 Å². The van der Waals surface area contributed by atoms with Gasteiger partial charge in [0.15, 0.2) is 0 Å². The number of thioether (sulfide) groups is 1. The molecule has 0 bridgehead atoms. The number of rotatable bonds is 6. The Labute approximate surface area is 127 Å². The van der Waals surface area contributed by atoms with E-state index in [9.17, 15) is 17.6 Å². The summed E-state index contributed by atoms with van der Waals surface area (Å²) in [6, 6.07) is 5.57. The van der Waals surface area contributed by atoms with Gasteiger partial charge >= 0.3 is 6.61 Å². The van der Waals surface area contributed by atoms with Gasteiger partial charge in [0.2, 0.25) is 11.0 Å². The van der Waals surface area contributed by atoms with Crippen LogP contribution in [-0.2, 0) is 0 Å². The van der Waals surface area contributed by atoms with Gasteiger partial charge in [-0.3, -0.25) is 0 Å². The van der Waals surface area contributed by atoms with Crippen molar-refractivity contribution in [1.29, 1.82) is 0 Å². The van der Waals surface area contributed by atoms with Crippen LogP contribution in [0.3, 0.4) is 0 Å². The topological polar surface area (TPSA) is 52.3 Å². The van der Waals surface area contributed by atoms with Crippen LogP contribution in [0.5, 0.6) is 5.75 Å². The molecule has 0 atom stereocenters. The summed E-state index contributed by atoms with van der Waals surface area (Å²) in [5.74, 6) is -0.576. The molecule has 1 heterocycles. The molecule has 2 rings (SSSR count). The van der Waals surface area contributed by atoms with Gasteiger partial charge in [0.05, 0.1) is 6.21 Å². The van der Waals surface area contributed by atoms with Gasteiger partial charge in [-0.2, -0.15) is 18.6 Å². The molecule has 0 saturated carbocycles. The summed E-state index contributed by atoms with van der Waals surface area (Å²) < 4.78 is 54.7. The molecule has 5 nitrogen and oxygen atoms in total. The van der Waals surface area contributed by atoms with E-state index in [1.54, 1.807) is 6.26 Å². The summed E-state index contributed by atoms with van der Waals surface area (Å²) in [6.07, 6.45) is 0.135. The maximum absolute atomic E-state index is 12.8. The van der Waals surface area contributed by atoms with Crippen LogP contribution in [0.4, 0.5) is 17.6 Å². The van der Waals surface area contributed by atoms with E-state index in [4.69, 9.17) is 0 Å². The Hall–Kier alpha value is -2.10. The molecule has 2 aromatic rings. The number of halogens is 4. The van der Waals surface area contributed by atoms with Gasteiger partial charge in [-0.1, -0.05) is 11.8 Å². The SMILES string of the molecule is CSc1nnc(C(F)F)n1/N=C\c1ccc(OC(F)F)cc1. The van der Waals surface area contributed by atoms with Gasteiger partial charge in [-0.05, 0) is 36.1 Å². The van der Waals surface area contributed by atoms with Crippen molar-refractivity contribution >= 4 is 18.0 Å². The van der Waals surface area contributed by atoms with Gasteiger partial charge in [-0.15, -0.1) is 10.2 Å². The lowest BCUT2D eigenvalue weighted by Gasteiger charge is -2.04. The predicted octanol–water partition coefficient (Wildman–Crippen LogP) is 3.42. The normalized spacial score (nSPS) is 11.8. The van der Waals surface area contributed by atoms with Crippen molar-refractivity contribution in [2.45, 2.75) is 18.2 Å². The third-order valence-electron chi connectivity index (χ3n) is 2.44. The molecule has 0 spiro atoms. The van der Waals surface area contributed by atoms with Crippen LogP contribution < -0.4 is 4.74 Å². The average Bonchev–Trinajstić information content (AvgIpc) is 2.89. The van der Waals surface area contributed by atoms with Gasteiger partial charge in [0.1, 0.15) is 5.75 Å². The Morgan fingerprint density at radius 3 is 2.41 bits per heavy atom. The highest BCUT2D eigenvalue weighted by molar-refractivity contribution is 7.98. The minimum absolute atomic E-state index is 0.00507. The summed E-state index contributed by atoms with van der Waals surface area (Å²) in [7, 11) is 0.